The zero-order valence-corrected chi connectivity index (χ0v) is 17.8. The molecular weight excluding hydrogens is 398 g/mol. The molecule has 0 atom stereocenters. The van der Waals surface area contributed by atoms with Gasteiger partial charge >= 0.3 is 5.97 Å². The van der Waals surface area contributed by atoms with Gasteiger partial charge in [0.2, 0.25) is 11.8 Å². The Hall–Kier alpha value is -2.39. The molecule has 0 saturated heterocycles. The van der Waals surface area contributed by atoms with Crippen molar-refractivity contribution < 1.29 is 19.1 Å². The third-order valence-corrected chi connectivity index (χ3v) is 5.32. The number of rotatable bonds is 8. The lowest BCUT2D eigenvalue weighted by Crippen LogP contribution is -2.18. The highest BCUT2D eigenvalue weighted by Gasteiger charge is 2.19. The summed E-state index contributed by atoms with van der Waals surface area (Å²) in [5.74, 6) is -0.652. The molecule has 2 aromatic rings. The number of hydrogen-bond acceptors (Lipinski definition) is 7. The van der Waals surface area contributed by atoms with E-state index in [-0.39, 0.29) is 29.4 Å². The summed E-state index contributed by atoms with van der Waals surface area (Å²) < 4.78 is 5.15. The molecule has 0 spiro atoms. The zero-order valence-electron chi connectivity index (χ0n) is 16.2. The first-order valence-electron chi connectivity index (χ1n) is 8.67. The van der Waals surface area contributed by atoms with E-state index in [0.29, 0.717) is 15.7 Å². The Morgan fingerprint density at radius 2 is 1.82 bits per heavy atom. The third-order valence-electron chi connectivity index (χ3n) is 3.34. The third kappa shape index (κ3) is 6.97. The van der Waals surface area contributed by atoms with Crippen LogP contribution in [0.2, 0.25) is 0 Å². The van der Waals surface area contributed by atoms with E-state index in [1.165, 1.54) is 11.8 Å². The van der Waals surface area contributed by atoms with Crippen LogP contribution in [0.1, 0.15) is 34.8 Å². The van der Waals surface area contributed by atoms with E-state index >= 15 is 0 Å². The lowest BCUT2D eigenvalue weighted by atomic mass is 10.2. The van der Waals surface area contributed by atoms with E-state index < -0.39 is 5.97 Å². The average Bonchev–Trinajstić information content (AvgIpc) is 2.94. The van der Waals surface area contributed by atoms with E-state index in [2.05, 4.69) is 15.6 Å². The fraction of sp³-hybridized carbons (Fsp3) is 0.368. The summed E-state index contributed by atoms with van der Waals surface area (Å²) in [6.45, 7) is 7.17. The van der Waals surface area contributed by atoms with Crippen LogP contribution in [0.25, 0.3) is 0 Å². The normalized spacial score (nSPS) is 10.6. The number of benzene rings is 1. The van der Waals surface area contributed by atoms with Crippen molar-refractivity contribution >= 4 is 51.7 Å². The van der Waals surface area contributed by atoms with Gasteiger partial charge in [0.05, 0.1) is 23.3 Å². The van der Waals surface area contributed by atoms with Gasteiger partial charge in [0.1, 0.15) is 4.88 Å². The number of esters is 1. The van der Waals surface area contributed by atoms with Crippen molar-refractivity contribution in [2.24, 2.45) is 0 Å². The van der Waals surface area contributed by atoms with Crippen LogP contribution in [0.4, 0.5) is 10.8 Å². The molecule has 0 aliphatic heterocycles. The maximum Gasteiger partial charge on any atom is 0.350 e. The van der Waals surface area contributed by atoms with Crippen molar-refractivity contribution in [1.82, 2.24) is 4.98 Å². The van der Waals surface area contributed by atoms with Gasteiger partial charge in [-0.2, -0.15) is 0 Å². The molecule has 0 aliphatic carbocycles. The predicted molar refractivity (Wildman–Crippen MR) is 113 cm³/mol. The smallest absolute Gasteiger partial charge is 0.350 e. The molecule has 2 amide bonds. The van der Waals surface area contributed by atoms with E-state index in [0.717, 1.165) is 22.6 Å². The van der Waals surface area contributed by atoms with Crippen LogP contribution < -0.4 is 10.6 Å². The lowest BCUT2D eigenvalue weighted by Gasteiger charge is -2.06. The number of thioether (sulfide) groups is 1. The van der Waals surface area contributed by atoms with Crippen molar-refractivity contribution in [2.45, 2.75) is 33.8 Å². The minimum Gasteiger partial charge on any atom is -0.459 e. The minimum absolute atomic E-state index is 0.103. The fourth-order valence-corrected chi connectivity index (χ4v) is 3.70. The van der Waals surface area contributed by atoms with Crippen molar-refractivity contribution in [3.8, 4) is 0 Å². The zero-order chi connectivity index (χ0) is 20.7. The molecule has 0 fully saturated rings. The molecule has 0 radical (unpaired) electrons. The lowest BCUT2D eigenvalue weighted by molar-refractivity contribution is -0.114. The predicted octanol–water partition coefficient (Wildman–Crippen LogP) is 3.64. The van der Waals surface area contributed by atoms with Gasteiger partial charge in [-0.25, -0.2) is 9.78 Å². The number of thiazole rings is 1. The molecule has 0 bridgehead atoms. The van der Waals surface area contributed by atoms with Gasteiger partial charge < -0.3 is 15.4 Å². The summed E-state index contributed by atoms with van der Waals surface area (Å²) in [5, 5.41) is 5.78. The van der Waals surface area contributed by atoms with Gasteiger partial charge in [-0.1, -0.05) is 23.5 Å². The fourth-order valence-electron chi connectivity index (χ4n) is 2.22. The summed E-state index contributed by atoms with van der Waals surface area (Å²) >= 11 is 2.27. The van der Waals surface area contributed by atoms with Crippen LogP contribution in [-0.4, -0.2) is 40.4 Å². The topological polar surface area (TPSA) is 97.4 Å². The number of carbonyl (C=O) groups is 3. The maximum atomic E-state index is 12.1. The van der Waals surface area contributed by atoms with Crippen molar-refractivity contribution in [1.29, 1.82) is 0 Å². The van der Waals surface area contributed by atoms with Crippen molar-refractivity contribution in [3.63, 3.8) is 0 Å². The van der Waals surface area contributed by atoms with Crippen LogP contribution in [0.15, 0.2) is 24.3 Å². The molecule has 28 heavy (non-hydrogen) atoms. The highest BCUT2D eigenvalue weighted by Crippen LogP contribution is 2.24. The number of nitrogens with zero attached hydrogens (tertiary/aromatic N) is 1. The van der Waals surface area contributed by atoms with Gasteiger partial charge in [0.25, 0.3) is 0 Å². The van der Waals surface area contributed by atoms with Crippen LogP contribution in [0.3, 0.4) is 0 Å². The van der Waals surface area contributed by atoms with E-state index in [4.69, 9.17) is 4.74 Å². The molecule has 1 aromatic heterocycles. The number of nitrogens with one attached hydrogen (secondary N) is 2. The summed E-state index contributed by atoms with van der Waals surface area (Å²) in [6, 6.07) is 7.51. The molecule has 9 heteroatoms. The maximum absolute atomic E-state index is 12.1. The first-order valence-corrected chi connectivity index (χ1v) is 10.6. The van der Waals surface area contributed by atoms with Crippen molar-refractivity contribution in [3.05, 3.63) is 40.4 Å². The Morgan fingerprint density at radius 1 is 1.14 bits per heavy atom. The van der Waals surface area contributed by atoms with Crippen LogP contribution in [-0.2, 0) is 14.3 Å². The minimum atomic E-state index is -0.451. The monoisotopic (exact) mass is 421 g/mol. The summed E-state index contributed by atoms with van der Waals surface area (Å²) in [7, 11) is 0. The highest BCUT2D eigenvalue weighted by atomic mass is 32.2. The number of aryl methyl sites for hydroxylation is 2. The number of hydrogen-bond donors (Lipinski definition) is 2. The SMILES string of the molecule is Cc1cccc(NC(=O)CSCC(=O)Nc2nc(C)c(C(=O)OC(C)C)s2)c1. The van der Waals surface area contributed by atoms with Gasteiger partial charge in [-0.3, -0.25) is 9.59 Å². The molecule has 2 rings (SSSR count). The second kappa shape index (κ2) is 10.2. The molecule has 0 unspecified atom stereocenters. The van der Waals surface area contributed by atoms with E-state index in [1.807, 2.05) is 31.2 Å². The van der Waals surface area contributed by atoms with Gasteiger partial charge in [-0.05, 0) is 45.4 Å². The summed E-state index contributed by atoms with van der Waals surface area (Å²) in [4.78, 5) is 40.5. The Bertz CT molecular complexity index is 865. The Kier molecular flexibility index (Phi) is 8.01. The largest absolute Gasteiger partial charge is 0.459 e. The second-order valence-electron chi connectivity index (χ2n) is 6.35. The molecule has 2 N–H and O–H groups in total. The van der Waals surface area contributed by atoms with E-state index in [9.17, 15) is 14.4 Å². The number of anilines is 2. The van der Waals surface area contributed by atoms with Crippen LogP contribution in [0, 0.1) is 13.8 Å². The van der Waals surface area contributed by atoms with E-state index in [1.54, 1.807) is 20.8 Å². The first-order chi connectivity index (χ1) is 13.2. The van der Waals surface area contributed by atoms with Gasteiger partial charge in [0.15, 0.2) is 5.13 Å². The molecular formula is C19H23N3O4S2. The highest BCUT2D eigenvalue weighted by molar-refractivity contribution is 8.00. The molecule has 1 aromatic carbocycles. The average molecular weight is 422 g/mol. The summed E-state index contributed by atoms with van der Waals surface area (Å²) in [5.41, 5.74) is 2.30. The number of carbonyl (C=O) groups excluding carboxylic acids is 3. The quantitative estimate of drug-likeness (QED) is 0.632. The van der Waals surface area contributed by atoms with Crippen LogP contribution in [0.5, 0.6) is 0 Å². The molecule has 1 heterocycles. The molecule has 150 valence electrons. The molecule has 7 nitrogen and oxygen atoms in total. The Morgan fingerprint density at radius 3 is 2.46 bits per heavy atom. The standard InChI is InChI=1S/C19H23N3O4S2/c1-11(2)26-18(25)17-13(4)20-19(28-17)22-16(24)10-27-9-15(23)21-14-7-5-6-12(3)8-14/h5-8,11H,9-10H2,1-4H3,(H,21,23)(H,20,22,24). The summed E-state index contributed by atoms with van der Waals surface area (Å²) in [6.07, 6.45) is -0.227. The van der Waals surface area contributed by atoms with Gasteiger partial charge in [-0.15, -0.1) is 11.8 Å². The number of ether oxygens (including phenoxy) is 1. The van der Waals surface area contributed by atoms with Crippen LogP contribution >= 0.6 is 23.1 Å². The number of aromatic nitrogens is 1. The first kappa shape index (κ1) is 21.9. The Labute approximate surface area is 172 Å². The number of amides is 2. The molecule has 0 saturated carbocycles. The second-order valence-corrected chi connectivity index (χ2v) is 8.33. The van der Waals surface area contributed by atoms with Crippen molar-refractivity contribution in [2.75, 3.05) is 22.1 Å². The molecule has 0 aliphatic rings. The van der Waals surface area contributed by atoms with Gasteiger partial charge in [0, 0.05) is 5.69 Å². The Balaban J connectivity index is 1.78.